The highest BCUT2D eigenvalue weighted by Gasteiger charge is 2.21. The molecule has 0 atom stereocenters. The average molecular weight is 354 g/mol. The summed E-state index contributed by atoms with van der Waals surface area (Å²) in [6.07, 6.45) is 7.01. The monoisotopic (exact) mass is 354 g/mol. The molecule has 0 unspecified atom stereocenters. The number of sulfonamides is 1. The van der Waals surface area contributed by atoms with Crippen molar-refractivity contribution in [1.82, 2.24) is 4.72 Å². The van der Waals surface area contributed by atoms with E-state index in [1.54, 1.807) is 6.07 Å². The van der Waals surface area contributed by atoms with Gasteiger partial charge >= 0.3 is 5.97 Å². The van der Waals surface area contributed by atoms with Gasteiger partial charge in [-0.2, -0.15) is 0 Å². The normalized spacial score (nSPS) is 15.5. The molecule has 24 heavy (non-hydrogen) atoms. The molecule has 1 aliphatic rings. The number of hydrogen-bond donors (Lipinski definition) is 3. The molecule has 0 amide bonds. The minimum Gasteiger partial charge on any atom is -0.478 e. The Morgan fingerprint density at radius 2 is 1.96 bits per heavy atom. The van der Waals surface area contributed by atoms with Crippen molar-refractivity contribution in [2.24, 2.45) is 0 Å². The average Bonchev–Trinajstić information content (AvgIpc) is 3.04. The Kier molecular flexibility index (Phi) is 6.62. The van der Waals surface area contributed by atoms with Gasteiger partial charge in [-0.1, -0.05) is 32.6 Å². The molecule has 0 saturated heterocycles. The van der Waals surface area contributed by atoms with E-state index in [0.717, 1.165) is 44.9 Å². The maximum absolute atomic E-state index is 12.3. The number of anilines is 1. The van der Waals surface area contributed by atoms with Crippen molar-refractivity contribution in [3.05, 3.63) is 23.8 Å². The van der Waals surface area contributed by atoms with Gasteiger partial charge in [-0.05, 0) is 37.5 Å². The first-order valence-corrected chi connectivity index (χ1v) is 10.1. The van der Waals surface area contributed by atoms with Gasteiger partial charge in [-0.25, -0.2) is 17.9 Å². The minimum absolute atomic E-state index is 0.00154. The zero-order valence-electron chi connectivity index (χ0n) is 14.0. The van der Waals surface area contributed by atoms with Crippen LogP contribution in [-0.2, 0) is 10.0 Å². The van der Waals surface area contributed by atoms with Crippen LogP contribution in [0.25, 0.3) is 0 Å². The van der Waals surface area contributed by atoms with Crippen molar-refractivity contribution >= 4 is 21.7 Å². The zero-order valence-corrected chi connectivity index (χ0v) is 14.9. The van der Waals surface area contributed by atoms with Crippen LogP contribution in [0.3, 0.4) is 0 Å². The Morgan fingerprint density at radius 3 is 2.58 bits per heavy atom. The number of carboxylic acids is 1. The fraction of sp³-hybridized carbons (Fsp3) is 0.588. The SMILES string of the molecule is CCCCCNS(=O)(=O)c1ccc(NC2CCCC2)c(C(=O)O)c1. The smallest absolute Gasteiger partial charge is 0.337 e. The van der Waals surface area contributed by atoms with Gasteiger partial charge in [0.2, 0.25) is 10.0 Å². The number of aromatic carboxylic acids is 1. The first kappa shape index (κ1) is 18.7. The van der Waals surface area contributed by atoms with E-state index < -0.39 is 16.0 Å². The maximum atomic E-state index is 12.3. The largest absolute Gasteiger partial charge is 0.478 e. The number of hydrogen-bond acceptors (Lipinski definition) is 4. The first-order valence-electron chi connectivity index (χ1n) is 8.57. The van der Waals surface area contributed by atoms with E-state index in [-0.39, 0.29) is 16.5 Å². The van der Waals surface area contributed by atoms with Gasteiger partial charge in [-0.15, -0.1) is 0 Å². The lowest BCUT2D eigenvalue weighted by Crippen LogP contribution is -2.25. The Labute approximate surface area is 143 Å². The number of carboxylic acid groups (broad SMARTS) is 1. The third-order valence-electron chi connectivity index (χ3n) is 4.32. The van der Waals surface area contributed by atoms with E-state index in [1.165, 1.54) is 12.1 Å². The second-order valence-electron chi connectivity index (χ2n) is 6.24. The van der Waals surface area contributed by atoms with Gasteiger partial charge in [0, 0.05) is 18.3 Å². The van der Waals surface area contributed by atoms with Crippen LogP contribution in [0.4, 0.5) is 5.69 Å². The molecule has 1 fully saturated rings. The van der Waals surface area contributed by atoms with Gasteiger partial charge in [0.25, 0.3) is 0 Å². The molecular formula is C17H26N2O4S. The van der Waals surface area contributed by atoms with Gasteiger partial charge < -0.3 is 10.4 Å². The van der Waals surface area contributed by atoms with Crippen LogP contribution in [0.5, 0.6) is 0 Å². The lowest BCUT2D eigenvalue weighted by atomic mass is 10.1. The molecule has 0 spiro atoms. The summed E-state index contributed by atoms with van der Waals surface area (Å²) in [7, 11) is -3.68. The molecule has 1 aromatic rings. The second kappa shape index (κ2) is 8.48. The lowest BCUT2D eigenvalue weighted by Gasteiger charge is -2.16. The fourth-order valence-electron chi connectivity index (χ4n) is 2.95. The van der Waals surface area contributed by atoms with Crippen molar-refractivity contribution in [2.45, 2.75) is 62.8 Å². The van der Waals surface area contributed by atoms with Gasteiger partial charge in [-0.3, -0.25) is 0 Å². The fourth-order valence-corrected chi connectivity index (χ4v) is 4.05. The highest BCUT2D eigenvalue weighted by atomic mass is 32.2. The predicted molar refractivity (Wildman–Crippen MR) is 94.0 cm³/mol. The van der Waals surface area contributed by atoms with Gasteiger partial charge in [0.1, 0.15) is 0 Å². The molecule has 0 aromatic heterocycles. The van der Waals surface area contributed by atoms with Gasteiger partial charge in [0.05, 0.1) is 10.5 Å². The van der Waals surface area contributed by atoms with E-state index in [2.05, 4.69) is 10.0 Å². The summed E-state index contributed by atoms with van der Waals surface area (Å²) in [5.74, 6) is -1.13. The standard InChI is InChI=1S/C17H26N2O4S/c1-2-3-6-11-18-24(22,23)14-9-10-16(15(12-14)17(20)21)19-13-7-4-5-8-13/h9-10,12-13,18-19H,2-8,11H2,1H3,(H,20,21). The highest BCUT2D eigenvalue weighted by Crippen LogP contribution is 2.26. The van der Waals surface area contributed by atoms with E-state index in [1.807, 2.05) is 6.92 Å². The second-order valence-corrected chi connectivity index (χ2v) is 8.01. The number of carbonyl (C=O) groups is 1. The molecule has 1 aromatic carbocycles. The molecule has 0 radical (unpaired) electrons. The molecule has 6 nitrogen and oxygen atoms in total. The predicted octanol–water partition coefficient (Wildman–Crippen LogP) is 3.21. The van der Waals surface area contributed by atoms with Crippen molar-refractivity contribution in [1.29, 1.82) is 0 Å². The third kappa shape index (κ3) is 4.95. The Morgan fingerprint density at radius 1 is 1.25 bits per heavy atom. The molecule has 7 heteroatoms. The number of benzene rings is 1. The summed E-state index contributed by atoms with van der Waals surface area (Å²) in [6.45, 7) is 2.41. The first-order chi connectivity index (χ1) is 11.4. The lowest BCUT2D eigenvalue weighted by molar-refractivity contribution is 0.0697. The number of unbranched alkanes of at least 4 members (excludes halogenated alkanes) is 2. The van der Waals surface area contributed by atoms with Crippen LogP contribution in [0.15, 0.2) is 23.1 Å². The summed E-state index contributed by atoms with van der Waals surface area (Å²) in [5.41, 5.74) is 0.484. The molecule has 0 heterocycles. The van der Waals surface area contributed by atoms with Crippen molar-refractivity contribution in [3.63, 3.8) is 0 Å². The third-order valence-corrected chi connectivity index (χ3v) is 5.78. The molecule has 134 valence electrons. The van der Waals surface area contributed by atoms with E-state index in [9.17, 15) is 18.3 Å². The quantitative estimate of drug-likeness (QED) is 0.592. The Balaban J connectivity index is 2.16. The van der Waals surface area contributed by atoms with Crippen LogP contribution in [-0.4, -0.2) is 32.1 Å². The van der Waals surface area contributed by atoms with Crippen molar-refractivity contribution in [2.75, 3.05) is 11.9 Å². The molecule has 2 rings (SSSR count). The summed E-state index contributed by atoms with van der Waals surface area (Å²) in [4.78, 5) is 11.5. The zero-order chi connectivity index (χ0) is 17.6. The minimum atomic E-state index is -3.68. The maximum Gasteiger partial charge on any atom is 0.337 e. The van der Waals surface area contributed by atoms with Crippen molar-refractivity contribution < 1.29 is 18.3 Å². The van der Waals surface area contributed by atoms with E-state index >= 15 is 0 Å². The highest BCUT2D eigenvalue weighted by molar-refractivity contribution is 7.89. The summed E-state index contributed by atoms with van der Waals surface area (Å²) in [5, 5.41) is 12.7. The molecular weight excluding hydrogens is 328 g/mol. The Hall–Kier alpha value is -1.60. The van der Waals surface area contributed by atoms with Crippen molar-refractivity contribution in [3.8, 4) is 0 Å². The van der Waals surface area contributed by atoms with E-state index in [4.69, 9.17) is 0 Å². The molecule has 0 aliphatic heterocycles. The van der Waals surface area contributed by atoms with Crippen LogP contribution < -0.4 is 10.0 Å². The summed E-state index contributed by atoms with van der Waals surface area (Å²) < 4.78 is 27.1. The van der Waals surface area contributed by atoms with Gasteiger partial charge in [0.15, 0.2) is 0 Å². The van der Waals surface area contributed by atoms with E-state index in [0.29, 0.717) is 12.2 Å². The molecule has 0 bridgehead atoms. The number of rotatable bonds is 9. The Bertz CT molecular complexity index is 667. The summed E-state index contributed by atoms with van der Waals surface area (Å²) >= 11 is 0. The van der Waals surface area contributed by atoms with Crippen LogP contribution >= 0.6 is 0 Å². The van der Waals surface area contributed by atoms with Crippen LogP contribution in [0, 0.1) is 0 Å². The molecule has 3 N–H and O–H groups in total. The van der Waals surface area contributed by atoms with Crippen LogP contribution in [0.2, 0.25) is 0 Å². The van der Waals surface area contributed by atoms with Crippen LogP contribution in [0.1, 0.15) is 62.2 Å². The number of nitrogens with one attached hydrogen (secondary N) is 2. The topological polar surface area (TPSA) is 95.5 Å². The molecule has 1 saturated carbocycles. The summed E-state index contributed by atoms with van der Waals surface area (Å²) in [6, 6.07) is 4.52. The molecule has 1 aliphatic carbocycles.